The Hall–Kier alpha value is -3.13. The number of fused-ring (bicyclic) bond motifs is 1. The fourth-order valence-electron chi connectivity index (χ4n) is 4.66. The Kier molecular flexibility index (Phi) is 4.85. The summed E-state index contributed by atoms with van der Waals surface area (Å²) in [6, 6.07) is 0. The molecule has 4 heterocycles. The predicted molar refractivity (Wildman–Crippen MR) is 109 cm³/mol. The molecule has 1 saturated heterocycles. The van der Waals surface area contributed by atoms with Crippen LogP contribution in [-0.4, -0.2) is 75.4 Å². The van der Waals surface area contributed by atoms with Gasteiger partial charge in [0.25, 0.3) is 5.95 Å². The lowest BCUT2D eigenvalue weighted by molar-refractivity contribution is -0.123. The number of nitrogens with zero attached hydrogens (tertiary/aromatic N) is 6. The molecule has 1 aliphatic heterocycles. The molecule has 170 valence electrons. The van der Waals surface area contributed by atoms with Gasteiger partial charge >= 0.3 is 0 Å². The summed E-state index contributed by atoms with van der Waals surface area (Å²) in [6.07, 6.45) is 3.21. The van der Waals surface area contributed by atoms with Gasteiger partial charge in [-0.2, -0.15) is 15.1 Å². The van der Waals surface area contributed by atoms with Gasteiger partial charge in [-0.05, 0) is 12.8 Å². The van der Waals surface area contributed by atoms with Crippen molar-refractivity contribution in [2.75, 3.05) is 12.3 Å². The van der Waals surface area contributed by atoms with E-state index in [9.17, 15) is 20.1 Å². The molecule has 0 bridgehead atoms. The third kappa shape index (κ3) is 2.97. The highest BCUT2D eigenvalue weighted by molar-refractivity contribution is 5.87. The Balaban J connectivity index is 1.55. The Bertz CT molecular complexity index is 1170. The molecule has 13 nitrogen and oxygen atoms in total. The highest BCUT2D eigenvalue weighted by Gasteiger charge is 2.44. The summed E-state index contributed by atoms with van der Waals surface area (Å²) >= 11 is 0. The molecule has 0 aromatic carbocycles. The zero-order valence-electron chi connectivity index (χ0n) is 17.1. The Morgan fingerprint density at radius 1 is 1.25 bits per heavy atom. The van der Waals surface area contributed by atoms with E-state index < -0.39 is 36.6 Å². The first-order valence-corrected chi connectivity index (χ1v) is 10.3. The van der Waals surface area contributed by atoms with E-state index in [2.05, 4.69) is 20.1 Å². The molecule has 2 aliphatic rings. The quantitative estimate of drug-likeness (QED) is 0.308. The molecule has 4 unspecified atom stereocenters. The summed E-state index contributed by atoms with van der Waals surface area (Å²) in [5, 5.41) is 34.1. The minimum Gasteiger partial charge on any atom is -0.394 e. The smallest absolute Gasteiger partial charge is 0.254 e. The number of carbonyl (C=O) groups is 1. The first kappa shape index (κ1) is 20.8. The van der Waals surface area contributed by atoms with Gasteiger partial charge in [0.15, 0.2) is 17.7 Å². The van der Waals surface area contributed by atoms with Gasteiger partial charge in [0.05, 0.1) is 24.5 Å². The fraction of sp³-hybridized carbons (Fsp3) is 0.526. The Labute approximate surface area is 181 Å². The van der Waals surface area contributed by atoms with Crippen molar-refractivity contribution >= 4 is 22.9 Å². The lowest BCUT2D eigenvalue weighted by Gasteiger charge is -2.23. The van der Waals surface area contributed by atoms with Gasteiger partial charge in [-0.3, -0.25) is 9.36 Å². The number of primary amides is 1. The van der Waals surface area contributed by atoms with Crippen LogP contribution in [0, 0.1) is 0 Å². The molecule has 3 aromatic rings. The average molecular weight is 444 g/mol. The number of nitrogens with two attached hydrogens (primary N) is 2. The standard InChI is InChI=1S/C19H24N8O5/c20-14-11-15(26(8-22-11)16-13(30)12(29)10(7-28)32-16)25-18(24-14)27-6-9(5-23-27)19(17(21)31)3-1-2-4-19/h5-6,8,10,12-13,16,28-30H,1-4,7H2,(H2,21,31)(H2,20,24,25). The van der Waals surface area contributed by atoms with E-state index in [-0.39, 0.29) is 28.8 Å². The van der Waals surface area contributed by atoms with Crippen LogP contribution in [0.25, 0.3) is 17.1 Å². The highest BCUT2D eigenvalue weighted by Crippen LogP contribution is 2.41. The second kappa shape index (κ2) is 7.48. The molecule has 2 fully saturated rings. The normalized spacial score (nSPS) is 27.3. The van der Waals surface area contributed by atoms with Crippen molar-refractivity contribution in [2.45, 2.75) is 55.6 Å². The molecule has 1 aliphatic carbocycles. The SMILES string of the molecule is NC(=O)C1(c2cnn(-c3nc(N)c4ncn(C5OC(CO)C(O)C5O)c4n3)c2)CCCC1. The summed E-state index contributed by atoms with van der Waals surface area (Å²) in [7, 11) is 0. The summed E-state index contributed by atoms with van der Waals surface area (Å²) in [6.45, 7) is -0.457. The topological polar surface area (TPSA) is 200 Å². The first-order valence-electron chi connectivity index (χ1n) is 10.3. The number of aliphatic hydroxyl groups excluding tert-OH is 3. The Morgan fingerprint density at radius 2 is 2.00 bits per heavy atom. The van der Waals surface area contributed by atoms with Gasteiger partial charge in [0.1, 0.15) is 23.8 Å². The number of rotatable bonds is 5. The van der Waals surface area contributed by atoms with Crippen LogP contribution < -0.4 is 11.5 Å². The van der Waals surface area contributed by atoms with E-state index in [1.165, 1.54) is 15.6 Å². The van der Waals surface area contributed by atoms with Crippen molar-refractivity contribution in [3.8, 4) is 5.95 Å². The van der Waals surface area contributed by atoms with Gasteiger partial charge in [-0.25, -0.2) is 9.67 Å². The van der Waals surface area contributed by atoms with E-state index >= 15 is 0 Å². The van der Waals surface area contributed by atoms with Crippen molar-refractivity contribution in [1.29, 1.82) is 0 Å². The third-order valence-corrected chi connectivity index (χ3v) is 6.50. The molecule has 13 heteroatoms. The van der Waals surface area contributed by atoms with Crippen LogP contribution in [0.3, 0.4) is 0 Å². The number of hydrogen-bond donors (Lipinski definition) is 5. The number of aromatic nitrogens is 6. The lowest BCUT2D eigenvalue weighted by Crippen LogP contribution is -2.38. The number of imidazole rings is 1. The predicted octanol–water partition coefficient (Wildman–Crippen LogP) is -1.50. The largest absolute Gasteiger partial charge is 0.394 e. The van der Waals surface area contributed by atoms with Crippen LogP contribution in [0.5, 0.6) is 0 Å². The average Bonchev–Trinajstić information content (AvgIpc) is 3.55. The molecule has 7 N–H and O–H groups in total. The van der Waals surface area contributed by atoms with Crippen LogP contribution >= 0.6 is 0 Å². The number of nitrogen functional groups attached to an aromatic ring is 1. The molecule has 3 aromatic heterocycles. The minimum absolute atomic E-state index is 0.0815. The second-order valence-electron chi connectivity index (χ2n) is 8.29. The fourth-order valence-corrected chi connectivity index (χ4v) is 4.66. The van der Waals surface area contributed by atoms with Gasteiger partial charge in [0, 0.05) is 11.8 Å². The van der Waals surface area contributed by atoms with Crippen LogP contribution in [0.15, 0.2) is 18.7 Å². The molecule has 4 atom stereocenters. The molecule has 1 amide bonds. The summed E-state index contributed by atoms with van der Waals surface area (Å²) < 4.78 is 8.41. The van der Waals surface area contributed by atoms with Gasteiger partial charge in [0.2, 0.25) is 5.91 Å². The summed E-state index contributed by atoms with van der Waals surface area (Å²) in [5.74, 6) is -0.168. The van der Waals surface area contributed by atoms with Gasteiger partial charge in [-0.15, -0.1) is 0 Å². The molecule has 32 heavy (non-hydrogen) atoms. The molecule has 5 rings (SSSR count). The molecule has 0 radical (unpaired) electrons. The van der Waals surface area contributed by atoms with Crippen LogP contribution in [0.2, 0.25) is 0 Å². The number of ether oxygens (including phenoxy) is 1. The van der Waals surface area contributed by atoms with E-state index in [1.54, 1.807) is 12.4 Å². The van der Waals surface area contributed by atoms with Crippen molar-refractivity contribution in [3.63, 3.8) is 0 Å². The maximum atomic E-state index is 12.2. The number of amides is 1. The number of aliphatic hydroxyl groups is 3. The van der Waals surface area contributed by atoms with Crippen molar-refractivity contribution < 1.29 is 24.9 Å². The summed E-state index contributed by atoms with van der Waals surface area (Å²) in [4.78, 5) is 25.2. The highest BCUT2D eigenvalue weighted by atomic mass is 16.6. The van der Waals surface area contributed by atoms with Crippen molar-refractivity contribution in [2.24, 2.45) is 5.73 Å². The second-order valence-corrected chi connectivity index (χ2v) is 8.29. The third-order valence-electron chi connectivity index (χ3n) is 6.50. The summed E-state index contributed by atoms with van der Waals surface area (Å²) in [5.41, 5.74) is 12.3. The monoisotopic (exact) mass is 444 g/mol. The molecular formula is C19H24N8O5. The number of hydrogen-bond acceptors (Lipinski definition) is 10. The zero-order valence-corrected chi connectivity index (χ0v) is 17.1. The number of carbonyl (C=O) groups excluding carboxylic acids is 1. The van der Waals surface area contributed by atoms with E-state index in [0.717, 1.165) is 12.8 Å². The van der Waals surface area contributed by atoms with E-state index in [1.807, 2.05) is 0 Å². The Morgan fingerprint density at radius 3 is 2.66 bits per heavy atom. The zero-order chi connectivity index (χ0) is 22.6. The number of anilines is 1. The van der Waals surface area contributed by atoms with E-state index in [4.69, 9.17) is 16.2 Å². The maximum Gasteiger partial charge on any atom is 0.254 e. The molecule has 0 spiro atoms. The van der Waals surface area contributed by atoms with Crippen molar-refractivity contribution in [3.05, 3.63) is 24.3 Å². The minimum atomic E-state index is -1.31. The van der Waals surface area contributed by atoms with E-state index in [0.29, 0.717) is 18.4 Å². The molecule has 1 saturated carbocycles. The van der Waals surface area contributed by atoms with Crippen molar-refractivity contribution in [1.82, 2.24) is 29.3 Å². The van der Waals surface area contributed by atoms with Crippen LogP contribution in [0.1, 0.15) is 37.5 Å². The van der Waals surface area contributed by atoms with Gasteiger partial charge < -0.3 is 31.5 Å². The van der Waals surface area contributed by atoms with Crippen LogP contribution in [-0.2, 0) is 14.9 Å². The van der Waals surface area contributed by atoms with Gasteiger partial charge in [-0.1, -0.05) is 12.8 Å². The maximum absolute atomic E-state index is 12.2. The van der Waals surface area contributed by atoms with Crippen LogP contribution in [0.4, 0.5) is 5.82 Å². The first-order chi connectivity index (χ1) is 15.4. The lowest BCUT2D eigenvalue weighted by atomic mass is 9.80. The molecular weight excluding hydrogens is 420 g/mol.